The first-order chi connectivity index (χ1) is 9.49. The summed E-state index contributed by atoms with van der Waals surface area (Å²) in [4.78, 5) is 17.1. The van der Waals surface area contributed by atoms with E-state index >= 15 is 0 Å². The Hall–Kier alpha value is -1.88. The van der Waals surface area contributed by atoms with Gasteiger partial charge in [-0.25, -0.2) is 9.78 Å². The topological polar surface area (TPSA) is 121 Å². The van der Waals surface area contributed by atoms with Gasteiger partial charge in [-0.15, -0.1) is 6.42 Å². The zero-order valence-corrected chi connectivity index (χ0v) is 11.0. The van der Waals surface area contributed by atoms with Crippen LogP contribution in [0, 0.1) is 18.3 Å². The van der Waals surface area contributed by atoms with Crippen LogP contribution >= 0.6 is 0 Å². The Morgan fingerprint density at radius 3 is 2.90 bits per heavy atom. The quantitative estimate of drug-likeness (QED) is 0.536. The van der Waals surface area contributed by atoms with E-state index in [0.717, 1.165) is 0 Å². The average molecular weight is 279 g/mol. The number of aliphatic hydroxyl groups excluding tert-OH is 2. The van der Waals surface area contributed by atoms with Crippen molar-refractivity contribution in [1.29, 1.82) is 0 Å². The SMILES string of the molecule is C#C[C@]1(CO)O[C@@H](c2cnc(=O)[nH]c2N)[C@@H](CC)[C@@H]1O. The molecule has 20 heavy (non-hydrogen) atoms. The van der Waals surface area contributed by atoms with E-state index in [1.54, 1.807) is 0 Å². The minimum absolute atomic E-state index is 0.117. The summed E-state index contributed by atoms with van der Waals surface area (Å²) in [5.41, 5.74) is 4.18. The molecule has 4 atom stereocenters. The molecule has 7 heteroatoms. The third-order valence-electron chi connectivity index (χ3n) is 3.74. The van der Waals surface area contributed by atoms with Gasteiger partial charge in [-0.05, 0) is 6.42 Å². The van der Waals surface area contributed by atoms with Crippen molar-refractivity contribution in [1.82, 2.24) is 9.97 Å². The lowest BCUT2D eigenvalue weighted by atomic mass is 9.85. The Bertz CT molecular complexity index is 594. The van der Waals surface area contributed by atoms with Crippen LogP contribution in [0.1, 0.15) is 25.0 Å². The molecule has 1 aromatic rings. The minimum Gasteiger partial charge on any atom is -0.392 e. The summed E-state index contributed by atoms with van der Waals surface area (Å²) in [6.45, 7) is 1.36. The highest BCUT2D eigenvalue weighted by Crippen LogP contribution is 2.46. The maximum atomic E-state index is 11.1. The predicted molar refractivity (Wildman–Crippen MR) is 71.5 cm³/mol. The van der Waals surface area contributed by atoms with Crippen LogP contribution in [0.15, 0.2) is 11.0 Å². The molecule has 0 unspecified atom stereocenters. The van der Waals surface area contributed by atoms with Gasteiger partial charge < -0.3 is 20.7 Å². The van der Waals surface area contributed by atoms with E-state index < -0.39 is 30.1 Å². The van der Waals surface area contributed by atoms with Crippen molar-refractivity contribution in [3.63, 3.8) is 0 Å². The van der Waals surface area contributed by atoms with Crippen LogP contribution in [-0.4, -0.2) is 38.5 Å². The molecule has 0 spiro atoms. The van der Waals surface area contributed by atoms with Gasteiger partial charge in [-0.2, -0.15) is 0 Å². The van der Waals surface area contributed by atoms with Crippen molar-refractivity contribution in [3.05, 3.63) is 22.2 Å². The fraction of sp³-hybridized carbons (Fsp3) is 0.538. The Morgan fingerprint density at radius 1 is 1.70 bits per heavy atom. The van der Waals surface area contributed by atoms with Crippen LogP contribution in [0.5, 0.6) is 0 Å². The van der Waals surface area contributed by atoms with Gasteiger partial charge in [0.05, 0.1) is 12.7 Å². The number of nitrogens with two attached hydrogens (primary N) is 1. The molecule has 2 heterocycles. The second-order valence-electron chi connectivity index (χ2n) is 4.80. The number of rotatable bonds is 3. The average Bonchev–Trinajstić information content (AvgIpc) is 2.71. The normalized spacial score (nSPS) is 33.0. The van der Waals surface area contributed by atoms with Crippen LogP contribution in [-0.2, 0) is 4.74 Å². The molecule has 0 aliphatic carbocycles. The van der Waals surface area contributed by atoms with Gasteiger partial charge in [-0.3, -0.25) is 4.98 Å². The van der Waals surface area contributed by atoms with Crippen molar-refractivity contribution in [2.24, 2.45) is 5.92 Å². The molecule has 0 radical (unpaired) electrons. The zero-order chi connectivity index (χ0) is 14.9. The summed E-state index contributed by atoms with van der Waals surface area (Å²) in [6, 6.07) is 0. The molecule has 1 saturated heterocycles. The van der Waals surface area contributed by atoms with Crippen LogP contribution in [0.25, 0.3) is 0 Å². The van der Waals surface area contributed by atoms with E-state index in [9.17, 15) is 15.0 Å². The molecular weight excluding hydrogens is 262 g/mol. The number of hydrogen-bond donors (Lipinski definition) is 4. The summed E-state index contributed by atoms with van der Waals surface area (Å²) < 4.78 is 5.69. The number of anilines is 1. The molecule has 1 fully saturated rings. The van der Waals surface area contributed by atoms with E-state index in [0.29, 0.717) is 12.0 Å². The van der Waals surface area contributed by atoms with Crippen LogP contribution in [0.2, 0.25) is 0 Å². The zero-order valence-electron chi connectivity index (χ0n) is 11.0. The number of ether oxygens (including phenoxy) is 1. The highest BCUT2D eigenvalue weighted by molar-refractivity contribution is 5.40. The smallest absolute Gasteiger partial charge is 0.346 e. The summed E-state index contributed by atoms with van der Waals surface area (Å²) in [6.07, 6.45) is 5.59. The number of H-pyrrole nitrogens is 1. The lowest BCUT2D eigenvalue weighted by Crippen LogP contribution is -2.43. The number of nitrogen functional groups attached to an aromatic ring is 1. The fourth-order valence-corrected chi connectivity index (χ4v) is 2.57. The standard InChI is InChI=1S/C13H17N3O4/c1-3-7-9(8-5-15-12(19)16-11(8)14)20-13(4-2,6-17)10(7)18/h2,5,7,9-10,17-18H,3,6H2,1H3,(H3,14,15,16,19)/t7-,9-,10+,13-/m1/s1. The number of terminal acetylenes is 1. The second-order valence-corrected chi connectivity index (χ2v) is 4.80. The van der Waals surface area contributed by atoms with Gasteiger partial charge >= 0.3 is 5.69 Å². The molecule has 0 bridgehead atoms. The second kappa shape index (κ2) is 5.25. The Morgan fingerprint density at radius 2 is 2.40 bits per heavy atom. The monoisotopic (exact) mass is 279 g/mol. The van der Waals surface area contributed by atoms with Crippen molar-refractivity contribution in [3.8, 4) is 12.3 Å². The predicted octanol–water partition coefficient (Wildman–Crippen LogP) is -0.825. The first kappa shape index (κ1) is 14.5. The molecule has 1 aliphatic rings. The largest absolute Gasteiger partial charge is 0.392 e. The number of nitrogens with one attached hydrogen (secondary N) is 1. The van der Waals surface area contributed by atoms with Crippen molar-refractivity contribution in [2.75, 3.05) is 12.3 Å². The highest BCUT2D eigenvalue weighted by atomic mass is 16.5. The van der Waals surface area contributed by atoms with Crippen LogP contribution in [0.4, 0.5) is 5.82 Å². The van der Waals surface area contributed by atoms with Gasteiger partial charge in [0.1, 0.15) is 11.9 Å². The molecule has 108 valence electrons. The maximum absolute atomic E-state index is 11.1. The highest BCUT2D eigenvalue weighted by Gasteiger charge is 2.53. The molecule has 7 nitrogen and oxygen atoms in total. The lowest BCUT2D eigenvalue weighted by Gasteiger charge is -2.24. The van der Waals surface area contributed by atoms with Crippen molar-refractivity contribution in [2.45, 2.75) is 31.2 Å². The molecule has 1 aliphatic heterocycles. The van der Waals surface area contributed by atoms with Crippen LogP contribution in [0.3, 0.4) is 0 Å². The third-order valence-corrected chi connectivity index (χ3v) is 3.74. The van der Waals surface area contributed by atoms with Crippen molar-refractivity contribution < 1.29 is 14.9 Å². The van der Waals surface area contributed by atoms with Gasteiger partial charge in [0.25, 0.3) is 0 Å². The van der Waals surface area contributed by atoms with E-state index in [2.05, 4.69) is 15.9 Å². The minimum atomic E-state index is -1.46. The molecule has 0 amide bonds. The summed E-state index contributed by atoms with van der Waals surface area (Å²) in [7, 11) is 0. The van der Waals surface area contributed by atoms with Crippen molar-refractivity contribution >= 4 is 5.82 Å². The first-order valence-corrected chi connectivity index (χ1v) is 6.28. The first-order valence-electron chi connectivity index (χ1n) is 6.28. The Balaban J connectivity index is 2.46. The number of aromatic nitrogens is 2. The van der Waals surface area contributed by atoms with E-state index in [4.69, 9.17) is 16.9 Å². The van der Waals surface area contributed by atoms with Gasteiger partial charge in [0.15, 0.2) is 5.60 Å². The number of aliphatic hydroxyl groups is 2. The Kier molecular flexibility index (Phi) is 3.81. The number of hydrogen-bond acceptors (Lipinski definition) is 6. The van der Waals surface area contributed by atoms with E-state index in [1.165, 1.54) is 6.20 Å². The molecule has 5 N–H and O–H groups in total. The summed E-state index contributed by atoms with van der Waals surface area (Å²) >= 11 is 0. The van der Waals surface area contributed by atoms with E-state index in [-0.39, 0.29) is 11.7 Å². The van der Waals surface area contributed by atoms with Gasteiger partial charge in [0, 0.05) is 17.7 Å². The van der Waals surface area contributed by atoms with Gasteiger partial charge in [-0.1, -0.05) is 12.8 Å². The van der Waals surface area contributed by atoms with Gasteiger partial charge in [0.2, 0.25) is 0 Å². The van der Waals surface area contributed by atoms with Crippen LogP contribution < -0.4 is 11.4 Å². The Labute approximate surface area is 115 Å². The lowest BCUT2D eigenvalue weighted by molar-refractivity contribution is -0.0720. The summed E-state index contributed by atoms with van der Waals surface area (Å²) in [5.74, 6) is 2.08. The molecular formula is C13H17N3O4. The molecule has 1 aromatic heterocycles. The molecule has 2 rings (SSSR count). The van der Waals surface area contributed by atoms with E-state index in [1.807, 2.05) is 6.92 Å². The molecule has 0 aromatic carbocycles. The number of aromatic amines is 1. The third kappa shape index (κ3) is 2.08. The summed E-state index contributed by atoms with van der Waals surface area (Å²) in [5, 5.41) is 19.8. The fourth-order valence-electron chi connectivity index (χ4n) is 2.57. The maximum Gasteiger partial charge on any atom is 0.346 e. The number of nitrogens with zero attached hydrogens (tertiary/aromatic N) is 1. The molecule has 0 saturated carbocycles.